The maximum Gasteiger partial charge on any atom is 0.272 e. The van der Waals surface area contributed by atoms with Crippen LogP contribution in [0.4, 0.5) is 11.8 Å². The van der Waals surface area contributed by atoms with Crippen LogP contribution in [0.25, 0.3) is 0 Å². The molecule has 0 atom stereocenters. The smallest absolute Gasteiger partial charge is 0.272 e. The molecule has 150 valence electrons. The van der Waals surface area contributed by atoms with Crippen LogP contribution in [-0.4, -0.2) is 65.0 Å². The summed E-state index contributed by atoms with van der Waals surface area (Å²) in [6.07, 6.45) is 3.71. The summed E-state index contributed by atoms with van der Waals surface area (Å²) in [5.74, 6) is 1.65. The van der Waals surface area contributed by atoms with Gasteiger partial charge in [0.15, 0.2) is 0 Å². The Morgan fingerprint density at radius 3 is 2.32 bits per heavy atom. The van der Waals surface area contributed by atoms with E-state index in [1.807, 2.05) is 36.2 Å². The van der Waals surface area contributed by atoms with Crippen LogP contribution in [0.1, 0.15) is 42.9 Å². The second kappa shape index (κ2) is 9.48. The molecule has 0 aliphatic carbocycles. The molecule has 7 nitrogen and oxygen atoms in total. The molecule has 3 rings (SSSR count). The maximum absolute atomic E-state index is 12.9. The fraction of sp³-hybridized carbons (Fsp3) is 0.524. The Hall–Kier alpha value is -2.70. The summed E-state index contributed by atoms with van der Waals surface area (Å²) in [7, 11) is 0. The number of nitrogens with zero attached hydrogens (tertiary/aromatic N) is 6. The van der Waals surface area contributed by atoms with Crippen molar-refractivity contribution in [1.29, 1.82) is 0 Å². The number of hydrogen-bond acceptors (Lipinski definition) is 6. The highest BCUT2D eigenvalue weighted by Gasteiger charge is 2.23. The average molecular weight is 383 g/mol. The van der Waals surface area contributed by atoms with Crippen molar-refractivity contribution in [2.24, 2.45) is 0 Å². The first-order valence-corrected chi connectivity index (χ1v) is 10.2. The van der Waals surface area contributed by atoms with Crippen LogP contribution in [0.15, 0.2) is 30.5 Å². The minimum Gasteiger partial charge on any atom is -0.353 e. The van der Waals surface area contributed by atoms with E-state index in [0.717, 1.165) is 63.6 Å². The fourth-order valence-electron chi connectivity index (χ4n) is 3.50. The lowest BCUT2D eigenvalue weighted by Gasteiger charge is -2.35. The molecular formula is C21H30N6O. The topological polar surface area (TPSA) is 65.5 Å². The first-order chi connectivity index (χ1) is 13.6. The molecule has 2 aromatic heterocycles. The second-order valence-electron chi connectivity index (χ2n) is 7.15. The average Bonchev–Trinajstić information content (AvgIpc) is 2.73. The zero-order valence-electron chi connectivity index (χ0n) is 17.1. The molecule has 0 N–H and O–H groups in total. The third-order valence-electron chi connectivity index (χ3n) is 4.87. The van der Waals surface area contributed by atoms with Gasteiger partial charge in [0.25, 0.3) is 5.91 Å². The van der Waals surface area contributed by atoms with E-state index >= 15 is 0 Å². The highest BCUT2D eigenvalue weighted by atomic mass is 16.2. The third kappa shape index (κ3) is 4.77. The van der Waals surface area contributed by atoms with Gasteiger partial charge in [-0.2, -0.15) is 0 Å². The van der Waals surface area contributed by atoms with E-state index in [-0.39, 0.29) is 5.91 Å². The number of aromatic nitrogens is 3. The predicted octanol–water partition coefficient (Wildman–Crippen LogP) is 2.77. The van der Waals surface area contributed by atoms with E-state index in [1.165, 1.54) is 0 Å². The molecule has 0 spiro atoms. The highest BCUT2D eigenvalue weighted by Crippen LogP contribution is 2.17. The number of carbonyl (C=O) groups is 1. The molecule has 1 fully saturated rings. The summed E-state index contributed by atoms with van der Waals surface area (Å²) in [6.45, 7) is 11.0. The van der Waals surface area contributed by atoms with Gasteiger partial charge in [0.05, 0.1) is 0 Å². The Morgan fingerprint density at radius 2 is 1.71 bits per heavy atom. The Morgan fingerprint density at radius 1 is 1.04 bits per heavy atom. The van der Waals surface area contributed by atoms with E-state index in [2.05, 4.69) is 38.6 Å². The van der Waals surface area contributed by atoms with Gasteiger partial charge in [-0.05, 0) is 38.0 Å². The van der Waals surface area contributed by atoms with Gasteiger partial charge in [0.1, 0.15) is 11.5 Å². The zero-order chi connectivity index (χ0) is 19.9. The number of pyridine rings is 1. The van der Waals surface area contributed by atoms with Crippen LogP contribution in [-0.2, 0) is 0 Å². The predicted molar refractivity (Wildman–Crippen MR) is 112 cm³/mol. The molecule has 0 radical (unpaired) electrons. The summed E-state index contributed by atoms with van der Waals surface area (Å²) in [6, 6.07) is 7.77. The first-order valence-electron chi connectivity index (χ1n) is 10.2. The van der Waals surface area contributed by atoms with E-state index in [4.69, 9.17) is 0 Å². The molecule has 0 bridgehead atoms. The molecule has 2 aromatic rings. The minimum absolute atomic E-state index is 0.00238. The largest absolute Gasteiger partial charge is 0.353 e. The summed E-state index contributed by atoms with van der Waals surface area (Å²) in [4.78, 5) is 32.9. The molecule has 1 aliphatic rings. The Balaban J connectivity index is 1.72. The molecule has 1 saturated heterocycles. The van der Waals surface area contributed by atoms with E-state index in [0.29, 0.717) is 11.6 Å². The van der Waals surface area contributed by atoms with Crippen molar-refractivity contribution in [1.82, 2.24) is 19.9 Å². The quantitative estimate of drug-likeness (QED) is 0.734. The zero-order valence-corrected chi connectivity index (χ0v) is 17.1. The standard InChI is InChI=1S/C21H30N6O/c1-4-10-26(11-5-2)20(28)18-16-17(3)23-21(24-18)27-14-12-25(13-15-27)19-8-6-7-9-22-19/h6-9,16H,4-5,10-15H2,1-3H3. The summed E-state index contributed by atoms with van der Waals surface area (Å²) < 4.78 is 0. The fourth-order valence-corrected chi connectivity index (χ4v) is 3.50. The number of rotatable bonds is 7. The van der Waals surface area contributed by atoms with Crippen LogP contribution in [0.3, 0.4) is 0 Å². The van der Waals surface area contributed by atoms with Crippen molar-refractivity contribution in [2.75, 3.05) is 49.1 Å². The van der Waals surface area contributed by atoms with Gasteiger partial charge >= 0.3 is 0 Å². The lowest BCUT2D eigenvalue weighted by molar-refractivity contribution is 0.0749. The van der Waals surface area contributed by atoms with Crippen molar-refractivity contribution in [3.63, 3.8) is 0 Å². The molecule has 0 aromatic carbocycles. The molecule has 1 amide bonds. The van der Waals surface area contributed by atoms with Gasteiger partial charge in [-0.25, -0.2) is 15.0 Å². The normalized spacial score (nSPS) is 14.2. The van der Waals surface area contributed by atoms with Gasteiger partial charge in [-0.3, -0.25) is 4.79 Å². The Kier molecular flexibility index (Phi) is 6.79. The van der Waals surface area contributed by atoms with Crippen molar-refractivity contribution in [3.05, 3.63) is 41.9 Å². The number of hydrogen-bond donors (Lipinski definition) is 0. The summed E-state index contributed by atoms with van der Waals surface area (Å²) >= 11 is 0. The number of amides is 1. The lowest BCUT2D eigenvalue weighted by atomic mass is 10.2. The monoisotopic (exact) mass is 382 g/mol. The van der Waals surface area contributed by atoms with Crippen LogP contribution >= 0.6 is 0 Å². The third-order valence-corrected chi connectivity index (χ3v) is 4.87. The van der Waals surface area contributed by atoms with Gasteiger partial charge in [0.2, 0.25) is 5.95 Å². The van der Waals surface area contributed by atoms with Crippen molar-refractivity contribution in [2.45, 2.75) is 33.6 Å². The number of aryl methyl sites for hydroxylation is 1. The van der Waals surface area contributed by atoms with Crippen molar-refractivity contribution in [3.8, 4) is 0 Å². The number of piperazine rings is 1. The van der Waals surface area contributed by atoms with Crippen molar-refractivity contribution < 1.29 is 4.79 Å². The summed E-state index contributed by atoms with van der Waals surface area (Å²) in [5.41, 5.74) is 1.32. The van der Waals surface area contributed by atoms with Gasteiger partial charge in [-0.1, -0.05) is 19.9 Å². The molecule has 7 heteroatoms. The molecule has 0 saturated carbocycles. The summed E-state index contributed by atoms with van der Waals surface area (Å²) in [5, 5.41) is 0. The lowest BCUT2D eigenvalue weighted by Crippen LogP contribution is -2.47. The molecule has 1 aliphatic heterocycles. The molecule has 28 heavy (non-hydrogen) atoms. The van der Waals surface area contributed by atoms with Crippen LogP contribution < -0.4 is 9.80 Å². The van der Waals surface area contributed by atoms with E-state index < -0.39 is 0 Å². The first kappa shape index (κ1) is 20.0. The van der Waals surface area contributed by atoms with Crippen LogP contribution in [0.2, 0.25) is 0 Å². The van der Waals surface area contributed by atoms with E-state index in [1.54, 1.807) is 6.07 Å². The van der Waals surface area contributed by atoms with Gasteiger partial charge in [-0.15, -0.1) is 0 Å². The van der Waals surface area contributed by atoms with Crippen LogP contribution in [0.5, 0.6) is 0 Å². The minimum atomic E-state index is 0.00238. The maximum atomic E-state index is 12.9. The van der Waals surface area contributed by atoms with Crippen molar-refractivity contribution >= 4 is 17.7 Å². The molecule has 0 unspecified atom stereocenters. The highest BCUT2D eigenvalue weighted by molar-refractivity contribution is 5.92. The van der Waals surface area contributed by atoms with Crippen LogP contribution in [0, 0.1) is 6.92 Å². The number of anilines is 2. The van der Waals surface area contributed by atoms with E-state index in [9.17, 15) is 4.79 Å². The Labute approximate surface area is 167 Å². The van der Waals surface area contributed by atoms with Gasteiger partial charge in [0, 0.05) is 51.2 Å². The number of carbonyl (C=O) groups excluding carboxylic acids is 1. The molecule has 3 heterocycles. The SMILES string of the molecule is CCCN(CCC)C(=O)c1cc(C)nc(N2CCN(c3ccccn3)CC2)n1. The van der Waals surface area contributed by atoms with Gasteiger partial charge < -0.3 is 14.7 Å². The second-order valence-corrected chi connectivity index (χ2v) is 7.15. The molecular weight excluding hydrogens is 352 g/mol. The Bertz CT molecular complexity index is 768.